The molecule has 1 spiro atoms. The van der Waals surface area contributed by atoms with Gasteiger partial charge in [-0.15, -0.1) is 0 Å². The van der Waals surface area contributed by atoms with Gasteiger partial charge in [-0.05, 0) is 27.1 Å². The van der Waals surface area contributed by atoms with Crippen LogP contribution in [0, 0.1) is 5.41 Å². The lowest BCUT2D eigenvalue weighted by Crippen LogP contribution is -2.61. The number of likely N-dealkylation sites (tertiary alicyclic amines) is 1. The van der Waals surface area contributed by atoms with E-state index in [0.29, 0.717) is 5.41 Å². The Balaban J connectivity index is 1.87. The lowest BCUT2D eigenvalue weighted by atomic mass is 9.80. The van der Waals surface area contributed by atoms with Crippen molar-refractivity contribution in [2.75, 3.05) is 40.3 Å². The molecule has 0 bridgehead atoms. The standard InChI is InChI=1S/C8H17N3/c1-9-11-6-8(7-11)3-4-10(2)5-8/h9H,3-7H2,1-2H3. The van der Waals surface area contributed by atoms with E-state index in [1.54, 1.807) is 0 Å². The zero-order valence-corrected chi connectivity index (χ0v) is 7.43. The summed E-state index contributed by atoms with van der Waals surface area (Å²) in [5.41, 5.74) is 3.83. The Morgan fingerprint density at radius 1 is 1.27 bits per heavy atom. The maximum atomic E-state index is 3.18. The molecule has 0 atom stereocenters. The number of hydrogen-bond acceptors (Lipinski definition) is 3. The summed E-state index contributed by atoms with van der Waals surface area (Å²) in [5, 5.41) is 2.29. The Morgan fingerprint density at radius 3 is 2.45 bits per heavy atom. The van der Waals surface area contributed by atoms with Crippen molar-refractivity contribution in [1.29, 1.82) is 0 Å². The fourth-order valence-electron chi connectivity index (χ4n) is 2.34. The molecule has 64 valence electrons. The van der Waals surface area contributed by atoms with Crippen LogP contribution in [0.1, 0.15) is 6.42 Å². The molecule has 2 rings (SSSR count). The van der Waals surface area contributed by atoms with Crippen LogP contribution in [0.2, 0.25) is 0 Å². The molecule has 1 N–H and O–H groups in total. The van der Waals surface area contributed by atoms with E-state index in [2.05, 4.69) is 22.4 Å². The third-order valence-corrected chi connectivity index (χ3v) is 3.00. The number of hydrogen-bond donors (Lipinski definition) is 1. The molecule has 2 fully saturated rings. The van der Waals surface area contributed by atoms with Crippen LogP contribution in [0.4, 0.5) is 0 Å². The average Bonchev–Trinajstić information content (AvgIpc) is 2.28. The second-order valence-corrected chi connectivity index (χ2v) is 4.07. The number of nitrogens with zero attached hydrogens (tertiary/aromatic N) is 2. The highest BCUT2D eigenvalue weighted by Gasteiger charge is 2.46. The zero-order chi connectivity index (χ0) is 7.90. The van der Waals surface area contributed by atoms with Crippen molar-refractivity contribution in [3.63, 3.8) is 0 Å². The van der Waals surface area contributed by atoms with Gasteiger partial charge in [0.05, 0.1) is 0 Å². The summed E-state index contributed by atoms with van der Waals surface area (Å²) in [6.45, 7) is 5.07. The van der Waals surface area contributed by atoms with E-state index >= 15 is 0 Å². The van der Waals surface area contributed by atoms with Gasteiger partial charge in [-0.25, -0.2) is 5.01 Å². The van der Waals surface area contributed by atoms with Gasteiger partial charge < -0.3 is 4.90 Å². The highest BCUT2D eigenvalue weighted by atomic mass is 15.5. The molecule has 0 unspecified atom stereocenters. The summed E-state index contributed by atoms with van der Waals surface area (Å²) >= 11 is 0. The lowest BCUT2D eigenvalue weighted by Gasteiger charge is -2.47. The van der Waals surface area contributed by atoms with E-state index in [4.69, 9.17) is 0 Å². The predicted molar refractivity (Wildman–Crippen MR) is 45.2 cm³/mol. The summed E-state index contributed by atoms with van der Waals surface area (Å²) in [5.74, 6) is 0. The van der Waals surface area contributed by atoms with Crippen LogP contribution < -0.4 is 5.43 Å². The quantitative estimate of drug-likeness (QED) is 0.564. The van der Waals surface area contributed by atoms with Gasteiger partial charge in [-0.1, -0.05) is 0 Å². The van der Waals surface area contributed by atoms with Crippen molar-refractivity contribution in [3.8, 4) is 0 Å². The van der Waals surface area contributed by atoms with Crippen molar-refractivity contribution in [2.45, 2.75) is 6.42 Å². The van der Waals surface area contributed by atoms with Crippen LogP contribution in [-0.4, -0.2) is 50.2 Å². The van der Waals surface area contributed by atoms with Crippen molar-refractivity contribution >= 4 is 0 Å². The van der Waals surface area contributed by atoms with Crippen LogP contribution in [-0.2, 0) is 0 Å². The topological polar surface area (TPSA) is 18.5 Å². The van der Waals surface area contributed by atoms with Gasteiger partial charge in [0.15, 0.2) is 0 Å². The van der Waals surface area contributed by atoms with E-state index in [1.807, 2.05) is 7.05 Å². The molecule has 11 heavy (non-hydrogen) atoms. The fraction of sp³-hybridized carbons (Fsp3) is 1.00. The van der Waals surface area contributed by atoms with Gasteiger partial charge in [0, 0.05) is 25.0 Å². The minimum atomic E-state index is 0.651. The van der Waals surface area contributed by atoms with Crippen LogP contribution in [0.5, 0.6) is 0 Å². The highest BCUT2D eigenvalue weighted by Crippen LogP contribution is 2.37. The largest absolute Gasteiger partial charge is 0.306 e. The molecular formula is C8H17N3. The van der Waals surface area contributed by atoms with Gasteiger partial charge in [0.25, 0.3) is 0 Å². The third kappa shape index (κ3) is 1.17. The van der Waals surface area contributed by atoms with Crippen molar-refractivity contribution in [1.82, 2.24) is 15.3 Å². The first-order valence-corrected chi connectivity index (χ1v) is 4.35. The molecule has 2 aliphatic rings. The maximum absolute atomic E-state index is 3.18. The molecule has 0 aromatic rings. The Bertz CT molecular complexity index is 151. The van der Waals surface area contributed by atoms with Gasteiger partial charge in [-0.2, -0.15) is 0 Å². The molecule has 2 saturated heterocycles. The first kappa shape index (κ1) is 7.53. The van der Waals surface area contributed by atoms with Crippen LogP contribution in [0.3, 0.4) is 0 Å². The second-order valence-electron chi connectivity index (χ2n) is 4.07. The Kier molecular flexibility index (Phi) is 1.67. The summed E-state index contributed by atoms with van der Waals surface area (Å²) in [4.78, 5) is 2.44. The van der Waals surface area contributed by atoms with E-state index in [9.17, 15) is 0 Å². The SMILES string of the molecule is CNN1CC2(CCN(C)C2)C1. The first-order valence-electron chi connectivity index (χ1n) is 4.35. The number of rotatable bonds is 1. The monoisotopic (exact) mass is 155 g/mol. The molecule has 0 aromatic heterocycles. The van der Waals surface area contributed by atoms with Gasteiger partial charge in [0.2, 0.25) is 0 Å². The fourth-order valence-corrected chi connectivity index (χ4v) is 2.34. The average molecular weight is 155 g/mol. The predicted octanol–water partition coefficient (Wildman–Crippen LogP) is -0.242. The molecule has 0 saturated carbocycles. The van der Waals surface area contributed by atoms with Crippen LogP contribution in [0.15, 0.2) is 0 Å². The molecule has 0 amide bonds. The Morgan fingerprint density at radius 2 is 2.00 bits per heavy atom. The summed E-state index contributed by atoms with van der Waals surface area (Å²) in [7, 11) is 4.22. The normalized spacial score (nSPS) is 31.1. The molecule has 0 aliphatic carbocycles. The Labute approximate surface area is 68.3 Å². The minimum Gasteiger partial charge on any atom is -0.306 e. The zero-order valence-electron chi connectivity index (χ0n) is 7.43. The molecule has 2 heterocycles. The van der Waals surface area contributed by atoms with E-state index in [-0.39, 0.29) is 0 Å². The van der Waals surface area contributed by atoms with E-state index in [1.165, 1.54) is 32.6 Å². The number of nitrogens with one attached hydrogen (secondary N) is 1. The molecular weight excluding hydrogens is 138 g/mol. The first-order chi connectivity index (χ1) is 5.24. The molecule has 0 aromatic carbocycles. The highest BCUT2D eigenvalue weighted by molar-refractivity contribution is 4.99. The summed E-state index contributed by atoms with van der Waals surface area (Å²) in [6, 6.07) is 0. The molecule has 3 heteroatoms. The smallest absolute Gasteiger partial charge is 0.0213 e. The summed E-state index contributed by atoms with van der Waals surface area (Å²) < 4.78 is 0. The van der Waals surface area contributed by atoms with Crippen molar-refractivity contribution in [3.05, 3.63) is 0 Å². The van der Waals surface area contributed by atoms with Crippen molar-refractivity contribution < 1.29 is 0 Å². The third-order valence-electron chi connectivity index (χ3n) is 3.00. The molecule has 3 nitrogen and oxygen atoms in total. The van der Waals surface area contributed by atoms with E-state index < -0.39 is 0 Å². The molecule has 0 radical (unpaired) electrons. The van der Waals surface area contributed by atoms with E-state index in [0.717, 1.165) is 0 Å². The van der Waals surface area contributed by atoms with Gasteiger partial charge >= 0.3 is 0 Å². The summed E-state index contributed by atoms with van der Waals surface area (Å²) in [6.07, 6.45) is 1.39. The minimum absolute atomic E-state index is 0.651. The van der Waals surface area contributed by atoms with Crippen LogP contribution >= 0.6 is 0 Å². The van der Waals surface area contributed by atoms with Crippen LogP contribution in [0.25, 0.3) is 0 Å². The van der Waals surface area contributed by atoms with Crippen molar-refractivity contribution in [2.24, 2.45) is 5.41 Å². The number of hydrazine groups is 1. The molecule has 2 aliphatic heterocycles. The van der Waals surface area contributed by atoms with Gasteiger partial charge in [0.1, 0.15) is 0 Å². The van der Waals surface area contributed by atoms with Gasteiger partial charge in [-0.3, -0.25) is 5.43 Å². The maximum Gasteiger partial charge on any atom is 0.0213 e. The Hall–Kier alpha value is -0.120. The second kappa shape index (κ2) is 2.44. The lowest BCUT2D eigenvalue weighted by molar-refractivity contribution is -0.0234.